The number of aromatic nitrogens is 1. The number of rotatable bonds is 8. The summed E-state index contributed by atoms with van der Waals surface area (Å²) in [6.45, 7) is 7.68. The molecule has 0 amide bonds. The summed E-state index contributed by atoms with van der Waals surface area (Å²) < 4.78 is 10.6. The molecule has 0 bridgehead atoms. The highest BCUT2D eigenvalue weighted by Crippen LogP contribution is 2.36. The van der Waals surface area contributed by atoms with E-state index in [2.05, 4.69) is 18.0 Å². The van der Waals surface area contributed by atoms with E-state index in [-0.39, 0.29) is 12.5 Å². The minimum absolute atomic E-state index is 0.0807. The van der Waals surface area contributed by atoms with Crippen molar-refractivity contribution in [3.8, 4) is 0 Å². The van der Waals surface area contributed by atoms with E-state index in [4.69, 9.17) is 9.47 Å². The van der Waals surface area contributed by atoms with Crippen molar-refractivity contribution < 1.29 is 19.1 Å². The number of carbonyl (C=O) groups is 2. The van der Waals surface area contributed by atoms with Crippen LogP contribution in [0.2, 0.25) is 0 Å². The van der Waals surface area contributed by atoms with Crippen molar-refractivity contribution in [1.82, 2.24) is 4.98 Å². The van der Waals surface area contributed by atoms with Crippen LogP contribution in [0.3, 0.4) is 0 Å². The molecule has 1 aliphatic carbocycles. The van der Waals surface area contributed by atoms with Crippen LogP contribution in [-0.4, -0.2) is 29.6 Å². The largest absolute Gasteiger partial charge is 0.463 e. The summed E-state index contributed by atoms with van der Waals surface area (Å²) in [5.41, 5.74) is 2.08. The molecule has 3 rings (SSSR count). The summed E-state index contributed by atoms with van der Waals surface area (Å²) in [6, 6.07) is 10.1. The molecule has 154 valence electrons. The number of fused-ring (bicyclic) bond motifs is 1. The lowest BCUT2D eigenvalue weighted by molar-refractivity contribution is -0.173. The average Bonchev–Trinajstić information content (AvgIpc) is 3.54. The second kappa shape index (κ2) is 8.76. The third-order valence-corrected chi connectivity index (χ3v) is 5.16. The smallest absolute Gasteiger partial charge is 0.347 e. The van der Waals surface area contributed by atoms with E-state index in [0.29, 0.717) is 0 Å². The zero-order valence-electron chi connectivity index (χ0n) is 17.6. The van der Waals surface area contributed by atoms with E-state index in [0.717, 1.165) is 41.4 Å². The molecule has 5 nitrogen and oxygen atoms in total. The number of pyridine rings is 1. The number of hydrogen-bond donors (Lipinski definition) is 0. The molecule has 1 unspecified atom stereocenters. The Balaban J connectivity index is 1.73. The second-order valence-electron chi connectivity index (χ2n) is 8.08. The quantitative estimate of drug-likeness (QED) is 0.605. The fourth-order valence-corrected chi connectivity index (χ4v) is 3.08. The van der Waals surface area contributed by atoms with Gasteiger partial charge in [0, 0.05) is 17.0 Å². The summed E-state index contributed by atoms with van der Waals surface area (Å²) in [5, 5.41) is 1.08. The molecule has 1 atom stereocenters. The molecule has 2 aromatic rings. The van der Waals surface area contributed by atoms with Gasteiger partial charge in [-0.3, -0.25) is 9.78 Å². The van der Waals surface area contributed by atoms with E-state index in [1.54, 1.807) is 20.8 Å². The van der Waals surface area contributed by atoms with Crippen molar-refractivity contribution in [3.63, 3.8) is 0 Å². The van der Waals surface area contributed by atoms with Gasteiger partial charge in [0.1, 0.15) is 0 Å². The molecular formula is C24H29NO4. The number of ether oxygens (including phenoxy) is 2. The van der Waals surface area contributed by atoms with Gasteiger partial charge in [0.25, 0.3) is 0 Å². The monoisotopic (exact) mass is 395 g/mol. The van der Waals surface area contributed by atoms with Crippen LogP contribution >= 0.6 is 0 Å². The van der Waals surface area contributed by atoms with Crippen molar-refractivity contribution in [3.05, 3.63) is 47.7 Å². The van der Waals surface area contributed by atoms with E-state index in [1.165, 1.54) is 0 Å². The minimum atomic E-state index is -0.868. The van der Waals surface area contributed by atoms with Crippen LogP contribution in [-0.2, 0) is 25.5 Å². The van der Waals surface area contributed by atoms with Gasteiger partial charge in [0.05, 0.1) is 17.5 Å². The van der Waals surface area contributed by atoms with Gasteiger partial charge >= 0.3 is 11.9 Å². The first-order valence-electron chi connectivity index (χ1n) is 10.3. The fourth-order valence-electron chi connectivity index (χ4n) is 3.08. The number of carbonyl (C=O) groups excluding carboxylic acids is 2. The van der Waals surface area contributed by atoms with Crippen LogP contribution in [0.1, 0.15) is 51.8 Å². The van der Waals surface area contributed by atoms with Gasteiger partial charge in [0.15, 0.2) is 0 Å². The van der Waals surface area contributed by atoms with Crippen LogP contribution in [0.25, 0.3) is 17.0 Å². The Hall–Kier alpha value is -2.69. The van der Waals surface area contributed by atoms with Crippen LogP contribution in [0.5, 0.6) is 0 Å². The maximum Gasteiger partial charge on any atom is 0.347 e. The predicted molar refractivity (Wildman–Crippen MR) is 113 cm³/mol. The number of hydrogen-bond acceptors (Lipinski definition) is 5. The summed E-state index contributed by atoms with van der Waals surface area (Å²) in [7, 11) is 0. The lowest BCUT2D eigenvalue weighted by Gasteiger charge is -2.23. The summed E-state index contributed by atoms with van der Waals surface area (Å²) in [6.07, 6.45) is 5.57. The third kappa shape index (κ3) is 5.22. The number of aryl methyl sites for hydroxylation is 1. The first-order chi connectivity index (χ1) is 13.8. The van der Waals surface area contributed by atoms with Crippen molar-refractivity contribution >= 4 is 28.9 Å². The molecule has 0 aliphatic heterocycles. The highest BCUT2D eigenvalue weighted by Gasteiger charge is 2.42. The Bertz CT molecular complexity index is 928. The van der Waals surface area contributed by atoms with Crippen molar-refractivity contribution in [2.24, 2.45) is 11.3 Å². The zero-order valence-corrected chi connectivity index (χ0v) is 17.6. The number of benzene rings is 1. The molecule has 1 fully saturated rings. The van der Waals surface area contributed by atoms with E-state index in [1.807, 2.05) is 36.4 Å². The van der Waals surface area contributed by atoms with Gasteiger partial charge in [0.2, 0.25) is 6.10 Å². The molecular weight excluding hydrogens is 366 g/mol. The topological polar surface area (TPSA) is 65.5 Å². The highest BCUT2D eigenvalue weighted by molar-refractivity contribution is 5.85. The van der Waals surface area contributed by atoms with Crippen LogP contribution in [0.15, 0.2) is 36.4 Å². The predicted octanol–water partition coefficient (Wildman–Crippen LogP) is 4.72. The van der Waals surface area contributed by atoms with Gasteiger partial charge < -0.3 is 9.47 Å². The molecule has 29 heavy (non-hydrogen) atoms. The maximum absolute atomic E-state index is 12.7. The molecule has 1 aliphatic rings. The Morgan fingerprint density at radius 3 is 2.59 bits per heavy atom. The van der Waals surface area contributed by atoms with Gasteiger partial charge in [-0.2, -0.15) is 0 Å². The third-order valence-electron chi connectivity index (χ3n) is 5.16. The van der Waals surface area contributed by atoms with Crippen molar-refractivity contribution in [2.45, 2.75) is 53.1 Å². The molecule has 0 N–H and O–H groups in total. The average molecular weight is 395 g/mol. The highest BCUT2D eigenvalue weighted by atomic mass is 16.6. The summed E-state index contributed by atoms with van der Waals surface area (Å²) in [4.78, 5) is 29.5. The van der Waals surface area contributed by atoms with Crippen LogP contribution < -0.4 is 0 Å². The fraction of sp³-hybridized carbons (Fsp3) is 0.458. The molecule has 0 saturated heterocycles. The minimum Gasteiger partial charge on any atom is -0.463 e. The van der Waals surface area contributed by atoms with Gasteiger partial charge in [-0.05, 0) is 57.7 Å². The van der Waals surface area contributed by atoms with E-state index < -0.39 is 23.5 Å². The lowest BCUT2D eigenvalue weighted by atomic mass is 9.92. The van der Waals surface area contributed by atoms with E-state index >= 15 is 0 Å². The van der Waals surface area contributed by atoms with Crippen molar-refractivity contribution in [2.75, 3.05) is 6.61 Å². The van der Waals surface area contributed by atoms with Gasteiger partial charge in [-0.25, -0.2) is 4.79 Å². The molecule has 1 aromatic carbocycles. The Morgan fingerprint density at radius 1 is 1.21 bits per heavy atom. The molecule has 1 heterocycles. The normalized spacial score (nSPS) is 15.4. The molecule has 0 spiro atoms. The maximum atomic E-state index is 12.7. The molecule has 5 heteroatoms. The lowest BCUT2D eigenvalue weighted by Crippen LogP contribution is -2.36. The second-order valence-corrected chi connectivity index (χ2v) is 8.08. The number of nitrogens with zero attached hydrogens (tertiary/aromatic N) is 1. The first-order valence-corrected chi connectivity index (χ1v) is 10.3. The Labute approximate surface area is 172 Å². The SMILES string of the molecule is CCOC(=O)C(OC(=O)C(C)(C)/C=C/c1ccc2ccc(CC)nc2c1)C1CC1. The molecule has 1 aromatic heterocycles. The number of esters is 2. The van der Waals surface area contributed by atoms with Crippen molar-refractivity contribution in [1.29, 1.82) is 0 Å². The van der Waals surface area contributed by atoms with Crippen LogP contribution in [0.4, 0.5) is 0 Å². The molecule has 1 saturated carbocycles. The van der Waals surface area contributed by atoms with Gasteiger partial charge in [-0.15, -0.1) is 0 Å². The Morgan fingerprint density at radius 2 is 1.93 bits per heavy atom. The zero-order chi connectivity index (χ0) is 21.0. The standard InChI is InChI=1S/C24H29NO4/c1-5-19-12-11-17-8-7-16(15-20(17)25-19)13-14-24(3,4)23(27)29-21(18-9-10-18)22(26)28-6-2/h7-8,11-15,18,21H,5-6,9-10H2,1-4H3/b14-13+. The Kier molecular flexibility index (Phi) is 6.36. The van der Waals surface area contributed by atoms with E-state index in [9.17, 15) is 9.59 Å². The van der Waals surface area contributed by atoms with Crippen LogP contribution in [0, 0.1) is 11.3 Å². The summed E-state index contributed by atoms with van der Waals surface area (Å²) in [5.74, 6) is -0.793. The first kappa shape index (κ1) is 21.0. The summed E-state index contributed by atoms with van der Waals surface area (Å²) >= 11 is 0. The molecule has 0 radical (unpaired) electrons. The van der Waals surface area contributed by atoms with Gasteiger partial charge in [-0.1, -0.05) is 37.3 Å².